The maximum atomic E-state index is 3.85. The van der Waals surface area contributed by atoms with Crippen LogP contribution in [0.15, 0.2) is 0 Å². The summed E-state index contributed by atoms with van der Waals surface area (Å²) in [5.41, 5.74) is 0.473. The first-order valence-corrected chi connectivity index (χ1v) is 8.09. The molecule has 0 heterocycles. The molecule has 0 amide bonds. The fourth-order valence-corrected chi connectivity index (χ4v) is 3.72. The molecule has 2 aliphatic rings. The maximum absolute atomic E-state index is 3.85. The topological polar surface area (TPSA) is 15.3 Å². The molecule has 2 saturated carbocycles. The van der Waals surface area contributed by atoms with Crippen molar-refractivity contribution in [1.82, 2.24) is 10.2 Å². The van der Waals surface area contributed by atoms with Crippen LogP contribution in [0.3, 0.4) is 0 Å². The number of nitrogens with zero attached hydrogens (tertiary/aromatic N) is 1. The van der Waals surface area contributed by atoms with Crippen molar-refractivity contribution in [3.05, 3.63) is 0 Å². The van der Waals surface area contributed by atoms with Crippen molar-refractivity contribution in [2.45, 2.75) is 84.3 Å². The van der Waals surface area contributed by atoms with Crippen LogP contribution in [-0.4, -0.2) is 36.1 Å². The monoisotopic (exact) mass is 252 g/mol. The van der Waals surface area contributed by atoms with Gasteiger partial charge in [0.05, 0.1) is 0 Å². The molecular weight excluding hydrogens is 220 g/mol. The molecule has 0 bridgehead atoms. The van der Waals surface area contributed by atoms with E-state index in [9.17, 15) is 0 Å². The summed E-state index contributed by atoms with van der Waals surface area (Å²) >= 11 is 0. The Labute approximate surface area is 114 Å². The van der Waals surface area contributed by atoms with Crippen molar-refractivity contribution >= 4 is 0 Å². The third-order valence-electron chi connectivity index (χ3n) is 4.85. The Morgan fingerprint density at radius 1 is 1.11 bits per heavy atom. The standard InChI is InChI=1S/C16H32N2/c1-5-11-17-15-14(9-10-16(15,3)4)18(12-6-2)13-7-8-13/h13-15,17H,5-12H2,1-4H3. The molecule has 0 saturated heterocycles. The van der Waals surface area contributed by atoms with Gasteiger partial charge < -0.3 is 5.32 Å². The van der Waals surface area contributed by atoms with Crippen LogP contribution in [0.25, 0.3) is 0 Å². The van der Waals surface area contributed by atoms with Crippen LogP contribution in [0.5, 0.6) is 0 Å². The average Bonchev–Trinajstić information content (AvgIpc) is 3.10. The summed E-state index contributed by atoms with van der Waals surface area (Å²) in [6, 6.07) is 2.40. The second-order valence-corrected chi connectivity index (χ2v) is 7.00. The van der Waals surface area contributed by atoms with Gasteiger partial charge in [-0.15, -0.1) is 0 Å². The van der Waals surface area contributed by atoms with Gasteiger partial charge in [0, 0.05) is 18.1 Å². The first-order chi connectivity index (χ1) is 8.60. The quantitative estimate of drug-likeness (QED) is 0.747. The lowest BCUT2D eigenvalue weighted by atomic mass is 9.86. The molecule has 2 heteroatoms. The van der Waals surface area contributed by atoms with Crippen molar-refractivity contribution in [2.75, 3.05) is 13.1 Å². The van der Waals surface area contributed by atoms with Crippen LogP contribution in [0.4, 0.5) is 0 Å². The number of hydrogen-bond acceptors (Lipinski definition) is 2. The molecule has 2 aliphatic carbocycles. The summed E-state index contributed by atoms with van der Waals surface area (Å²) in [6.45, 7) is 12.0. The molecule has 0 aromatic rings. The van der Waals surface area contributed by atoms with E-state index in [-0.39, 0.29) is 0 Å². The Balaban J connectivity index is 2.04. The zero-order chi connectivity index (χ0) is 13.2. The first kappa shape index (κ1) is 14.3. The summed E-state index contributed by atoms with van der Waals surface area (Å²) in [5, 5.41) is 3.85. The van der Waals surface area contributed by atoms with Crippen LogP contribution in [0.2, 0.25) is 0 Å². The van der Waals surface area contributed by atoms with Gasteiger partial charge in [0.2, 0.25) is 0 Å². The fraction of sp³-hybridized carbons (Fsp3) is 1.00. The van der Waals surface area contributed by atoms with Gasteiger partial charge in [0.25, 0.3) is 0 Å². The maximum Gasteiger partial charge on any atom is 0.0274 e. The lowest BCUT2D eigenvalue weighted by Crippen LogP contribution is -2.52. The van der Waals surface area contributed by atoms with Crippen molar-refractivity contribution in [1.29, 1.82) is 0 Å². The Morgan fingerprint density at radius 3 is 2.39 bits per heavy atom. The van der Waals surface area contributed by atoms with Crippen molar-refractivity contribution in [3.8, 4) is 0 Å². The summed E-state index contributed by atoms with van der Waals surface area (Å²) in [4.78, 5) is 2.84. The molecule has 2 atom stereocenters. The smallest absolute Gasteiger partial charge is 0.0274 e. The van der Waals surface area contributed by atoms with E-state index in [1.165, 1.54) is 51.6 Å². The van der Waals surface area contributed by atoms with Crippen molar-refractivity contribution in [3.63, 3.8) is 0 Å². The summed E-state index contributed by atoms with van der Waals surface area (Å²) in [7, 11) is 0. The van der Waals surface area contributed by atoms with Gasteiger partial charge >= 0.3 is 0 Å². The minimum atomic E-state index is 0.473. The van der Waals surface area contributed by atoms with Crippen LogP contribution in [0.1, 0.15) is 66.2 Å². The highest BCUT2D eigenvalue weighted by Crippen LogP contribution is 2.43. The van der Waals surface area contributed by atoms with Crippen LogP contribution >= 0.6 is 0 Å². The SMILES string of the molecule is CCCNC1C(N(CCC)C2CC2)CCC1(C)C. The Hall–Kier alpha value is -0.0800. The second-order valence-electron chi connectivity index (χ2n) is 7.00. The molecule has 0 aromatic heterocycles. The molecule has 2 rings (SSSR count). The van der Waals surface area contributed by atoms with Gasteiger partial charge in [-0.05, 0) is 57.0 Å². The largest absolute Gasteiger partial charge is 0.312 e. The van der Waals surface area contributed by atoms with Crippen LogP contribution in [-0.2, 0) is 0 Å². The second kappa shape index (κ2) is 5.92. The van der Waals surface area contributed by atoms with Crippen LogP contribution in [0, 0.1) is 5.41 Å². The van der Waals surface area contributed by atoms with Crippen LogP contribution < -0.4 is 5.32 Å². The van der Waals surface area contributed by atoms with E-state index in [1.54, 1.807) is 0 Å². The molecule has 1 N–H and O–H groups in total. The van der Waals surface area contributed by atoms with E-state index in [2.05, 4.69) is 37.9 Å². The van der Waals surface area contributed by atoms with Crippen molar-refractivity contribution in [2.24, 2.45) is 5.41 Å². The van der Waals surface area contributed by atoms with Gasteiger partial charge in [0.15, 0.2) is 0 Å². The van der Waals surface area contributed by atoms with Gasteiger partial charge in [-0.25, -0.2) is 0 Å². The number of hydrogen-bond donors (Lipinski definition) is 1. The van der Waals surface area contributed by atoms with Gasteiger partial charge in [-0.3, -0.25) is 4.90 Å². The number of nitrogens with one attached hydrogen (secondary N) is 1. The summed E-state index contributed by atoms with van der Waals surface area (Å²) in [5.74, 6) is 0. The van der Waals surface area contributed by atoms with E-state index >= 15 is 0 Å². The van der Waals surface area contributed by atoms with Gasteiger partial charge in [0.1, 0.15) is 0 Å². The zero-order valence-corrected chi connectivity index (χ0v) is 12.8. The third kappa shape index (κ3) is 3.08. The first-order valence-electron chi connectivity index (χ1n) is 8.09. The lowest BCUT2D eigenvalue weighted by molar-refractivity contribution is 0.136. The predicted octanol–water partition coefficient (Wildman–Crippen LogP) is 3.42. The molecule has 0 aliphatic heterocycles. The molecule has 2 fully saturated rings. The highest BCUT2D eigenvalue weighted by molar-refractivity contribution is 5.03. The van der Waals surface area contributed by atoms with E-state index < -0.39 is 0 Å². The van der Waals surface area contributed by atoms with E-state index in [4.69, 9.17) is 0 Å². The summed E-state index contributed by atoms with van der Waals surface area (Å²) in [6.07, 6.45) is 8.20. The van der Waals surface area contributed by atoms with Crippen molar-refractivity contribution < 1.29 is 0 Å². The average molecular weight is 252 g/mol. The molecule has 0 spiro atoms. The predicted molar refractivity (Wildman–Crippen MR) is 78.9 cm³/mol. The third-order valence-corrected chi connectivity index (χ3v) is 4.85. The molecular formula is C16H32N2. The Kier molecular flexibility index (Phi) is 4.71. The molecule has 0 aromatic carbocycles. The fourth-order valence-electron chi connectivity index (χ4n) is 3.72. The molecule has 18 heavy (non-hydrogen) atoms. The normalized spacial score (nSPS) is 31.2. The highest BCUT2D eigenvalue weighted by Gasteiger charge is 2.46. The Bertz CT molecular complexity index is 258. The molecule has 0 radical (unpaired) electrons. The van der Waals surface area contributed by atoms with E-state index in [0.717, 1.165) is 12.1 Å². The minimum absolute atomic E-state index is 0.473. The highest BCUT2D eigenvalue weighted by atomic mass is 15.2. The van der Waals surface area contributed by atoms with Gasteiger partial charge in [-0.1, -0.05) is 27.7 Å². The zero-order valence-electron chi connectivity index (χ0n) is 12.8. The Morgan fingerprint density at radius 2 is 1.83 bits per heavy atom. The minimum Gasteiger partial charge on any atom is -0.312 e. The van der Waals surface area contributed by atoms with E-state index in [0.29, 0.717) is 11.5 Å². The van der Waals surface area contributed by atoms with Gasteiger partial charge in [-0.2, -0.15) is 0 Å². The lowest BCUT2D eigenvalue weighted by Gasteiger charge is -2.38. The van der Waals surface area contributed by atoms with E-state index in [1.807, 2.05) is 0 Å². The molecule has 106 valence electrons. The number of rotatable bonds is 7. The molecule has 2 nitrogen and oxygen atoms in total. The summed E-state index contributed by atoms with van der Waals surface area (Å²) < 4.78 is 0. The molecule has 2 unspecified atom stereocenters.